The Morgan fingerprint density at radius 3 is 2.82 bits per heavy atom. The van der Waals surface area contributed by atoms with E-state index in [1.54, 1.807) is 0 Å². The summed E-state index contributed by atoms with van der Waals surface area (Å²) >= 11 is 6.08. The smallest absolute Gasteiger partial charge is 0.131 e. The van der Waals surface area contributed by atoms with Crippen LogP contribution in [0.1, 0.15) is 43.9 Å². The predicted molar refractivity (Wildman–Crippen MR) is 72.8 cm³/mol. The van der Waals surface area contributed by atoms with Gasteiger partial charge in [-0.05, 0) is 26.7 Å². The van der Waals surface area contributed by atoms with E-state index in [0.29, 0.717) is 11.9 Å². The van der Waals surface area contributed by atoms with Crippen molar-refractivity contribution in [3.63, 3.8) is 0 Å². The molecule has 0 aliphatic carbocycles. The van der Waals surface area contributed by atoms with Crippen molar-refractivity contribution >= 4 is 17.4 Å². The van der Waals surface area contributed by atoms with Crippen LogP contribution in [0.3, 0.4) is 0 Å². The molecule has 0 amide bonds. The number of aryl methyl sites for hydroxylation is 2. The minimum atomic E-state index is 0.554. The average Bonchev–Trinajstić information content (AvgIpc) is 2.46. The van der Waals surface area contributed by atoms with Gasteiger partial charge in [-0.15, -0.1) is 11.6 Å². The van der Waals surface area contributed by atoms with Gasteiger partial charge in [0, 0.05) is 25.2 Å². The molecule has 0 radical (unpaired) electrons. The number of anilines is 1. The van der Waals surface area contributed by atoms with Gasteiger partial charge in [-0.1, -0.05) is 12.8 Å². The van der Waals surface area contributed by atoms with E-state index < -0.39 is 0 Å². The van der Waals surface area contributed by atoms with Gasteiger partial charge in [-0.25, -0.2) is 0 Å². The molecule has 0 bridgehead atoms. The van der Waals surface area contributed by atoms with Crippen molar-refractivity contribution in [2.45, 2.75) is 51.5 Å². The highest BCUT2D eigenvalue weighted by molar-refractivity contribution is 6.17. The molecule has 1 unspecified atom stereocenters. The zero-order chi connectivity index (χ0) is 12.4. The Morgan fingerprint density at radius 2 is 2.12 bits per heavy atom. The normalized spacial score (nSPS) is 21.6. The van der Waals surface area contributed by atoms with Crippen LogP contribution in [0.15, 0.2) is 0 Å². The summed E-state index contributed by atoms with van der Waals surface area (Å²) in [7, 11) is 2.02. The second-order valence-electron chi connectivity index (χ2n) is 5.04. The summed E-state index contributed by atoms with van der Waals surface area (Å²) in [4.78, 5) is 2.49. The fraction of sp³-hybridized carbons (Fsp3) is 0.769. The van der Waals surface area contributed by atoms with E-state index in [-0.39, 0.29) is 0 Å². The number of nitrogens with zero attached hydrogens (tertiary/aromatic N) is 3. The summed E-state index contributed by atoms with van der Waals surface area (Å²) in [6.07, 6.45) is 5.22. The molecule has 0 saturated carbocycles. The molecule has 0 aromatic carbocycles. The maximum atomic E-state index is 6.08. The largest absolute Gasteiger partial charge is 0.354 e. The quantitative estimate of drug-likeness (QED) is 0.757. The van der Waals surface area contributed by atoms with Crippen LogP contribution in [0.2, 0.25) is 0 Å². The summed E-state index contributed by atoms with van der Waals surface area (Å²) in [5.41, 5.74) is 2.26. The standard InChI is InChI=1S/C13H22ClN3/c1-10-7-5-4-6-8-17(10)13-12(9-14)11(2)15-16(13)3/h10H,4-9H2,1-3H3. The zero-order valence-corrected chi connectivity index (χ0v) is 11.8. The Kier molecular flexibility index (Phi) is 3.97. The Hall–Kier alpha value is -0.700. The third kappa shape index (κ3) is 2.44. The van der Waals surface area contributed by atoms with Crippen molar-refractivity contribution in [2.75, 3.05) is 11.4 Å². The molecule has 4 heteroatoms. The maximum absolute atomic E-state index is 6.08. The minimum Gasteiger partial charge on any atom is -0.354 e. The number of hydrogen-bond acceptors (Lipinski definition) is 2. The van der Waals surface area contributed by atoms with Gasteiger partial charge >= 0.3 is 0 Å². The van der Waals surface area contributed by atoms with Crippen LogP contribution in [-0.4, -0.2) is 22.4 Å². The number of halogens is 1. The lowest BCUT2D eigenvalue weighted by Gasteiger charge is -2.30. The third-order valence-electron chi connectivity index (χ3n) is 3.77. The molecule has 1 aromatic rings. The molecule has 0 N–H and O–H groups in total. The minimum absolute atomic E-state index is 0.554. The van der Waals surface area contributed by atoms with Crippen LogP contribution in [0.25, 0.3) is 0 Å². The highest BCUT2D eigenvalue weighted by atomic mass is 35.5. The SMILES string of the molecule is Cc1nn(C)c(N2CCCCCC2C)c1CCl. The third-order valence-corrected chi connectivity index (χ3v) is 4.04. The molecular formula is C13H22ClN3. The molecule has 2 rings (SSSR count). The second-order valence-corrected chi connectivity index (χ2v) is 5.30. The molecule has 1 aliphatic rings. The topological polar surface area (TPSA) is 21.1 Å². The van der Waals surface area contributed by atoms with Gasteiger partial charge < -0.3 is 4.90 Å². The van der Waals surface area contributed by atoms with Crippen molar-refractivity contribution in [3.8, 4) is 0 Å². The average molecular weight is 256 g/mol. The zero-order valence-electron chi connectivity index (χ0n) is 11.0. The maximum Gasteiger partial charge on any atom is 0.131 e. The molecule has 1 aromatic heterocycles. The van der Waals surface area contributed by atoms with E-state index in [9.17, 15) is 0 Å². The summed E-state index contributed by atoms with van der Waals surface area (Å²) in [5.74, 6) is 1.78. The Labute approximate surface area is 109 Å². The van der Waals surface area contributed by atoms with E-state index in [1.807, 2.05) is 18.7 Å². The molecule has 0 spiro atoms. The van der Waals surface area contributed by atoms with Gasteiger partial charge in [0.25, 0.3) is 0 Å². The molecular weight excluding hydrogens is 234 g/mol. The highest BCUT2D eigenvalue weighted by Crippen LogP contribution is 2.29. The van der Waals surface area contributed by atoms with Gasteiger partial charge in [0.15, 0.2) is 0 Å². The van der Waals surface area contributed by atoms with Crippen molar-refractivity contribution < 1.29 is 0 Å². The number of rotatable bonds is 2. The second kappa shape index (κ2) is 5.30. The van der Waals surface area contributed by atoms with Crippen LogP contribution in [0.4, 0.5) is 5.82 Å². The van der Waals surface area contributed by atoms with Crippen LogP contribution < -0.4 is 4.90 Å². The molecule has 1 fully saturated rings. The van der Waals surface area contributed by atoms with E-state index >= 15 is 0 Å². The van der Waals surface area contributed by atoms with Crippen LogP contribution >= 0.6 is 11.6 Å². The van der Waals surface area contributed by atoms with Crippen LogP contribution in [-0.2, 0) is 12.9 Å². The first-order valence-corrected chi connectivity index (χ1v) is 7.03. The van der Waals surface area contributed by atoms with Gasteiger partial charge in [0.1, 0.15) is 5.82 Å². The summed E-state index contributed by atoms with van der Waals surface area (Å²) < 4.78 is 1.99. The number of hydrogen-bond donors (Lipinski definition) is 0. The van der Waals surface area contributed by atoms with Crippen molar-refractivity contribution in [2.24, 2.45) is 7.05 Å². The Morgan fingerprint density at radius 1 is 1.35 bits per heavy atom. The molecule has 1 atom stereocenters. The first-order valence-electron chi connectivity index (χ1n) is 6.50. The van der Waals surface area contributed by atoms with E-state index in [1.165, 1.54) is 37.1 Å². The first-order chi connectivity index (χ1) is 8.15. The molecule has 1 aliphatic heterocycles. The lowest BCUT2D eigenvalue weighted by atomic mass is 10.1. The summed E-state index contributed by atoms with van der Waals surface area (Å²) in [6.45, 7) is 5.49. The van der Waals surface area contributed by atoms with Gasteiger partial charge in [-0.3, -0.25) is 4.68 Å². The van der Waals surface area contributed by atoms with E-state index in [2.05, 4.69) is 16.9 Å². The lowest BCUT2D eigenvalue weighted by Crippen LogP contribution is -2.34. The Bertz CT molecular complexity index is 386. The summed E-state index contributed by atoms with van der Waals surface area (Å²) in [6, 6.07) is 0.592. The van der Waals surface area contributed by atoms with Gasteiger partial charge in [0.2, 0.25) is 0 Å². The van der Waals surface area contributed by atoms with E-state index in [4.69, 9.17) is 11.6 Å². The number of alkyl halides is 1. The van der Waals surface area contributed by atoms with Crippen molar-refractivity contribution in [1.82, 2.24) is 9.78 Å². The molecule has 3 nitrogen and oxygen atoms in total. The number of aromatic nitrogens is 2. The van der Waals surface area contributed by atoms with E-state index in [0.717, 1.165) is 12.2 Å². The predicted octanol–water partition coefficient (Wildman–Crippen LogP) is 3.24. The van der Waals surface area contributed by atoms with Crippen molar-refractivity contribution in [3.05, 3.63) is 11.3 Å². The molecule has 17 heavy (non-hydrogen) atoms. The monoisotopic (exact) mass is 255 g/mol. The fourth-order valence-electron chi connectivity index (χ4n) is 2.80. The molecule has 96 valence electrons. The van der Waals surface area contributed by atoms with Crippen molar-refractivity contribution in [1.29, 1.82) is 0 Å². The fourth-order valence-corrected chi connectivity index (χ4v) is 3.11. The van der Waals surface area contributed by atoms with Crippen LogP contribution in [0, 0.1) is 6.92 Å². The first kappa shape index (κ1) is 12.7. The van der Waals surface area contributed by atoms with Gasteiger partial charge in [-0.2, -0.15) is 5.10 Å². The Balaban J connectivity index is 2.36. The highest BCUT2D eigenvalue weighted by Gasteiger charge is 2.24. The lowest BCUT2D eigenvalue weighted by molar-refractivity contribution is 0.593. The van der Waals surface area contributed by atoms with Gasteiger partial charge in [0.05, 0.1) is 11.6 Å². The van der Waals surface area contributed by atoms with Crippen LogP contribution in [0.5, 0.6) is 0 Å². The molecule has 1 saturated heterocycles. The summed E-state index contributed by atoms with van der Waals surface area (Å²) in [5, 5.41) is 4.51. The molecule has 2 heterocycles.